The molecule has 10 nitrogen and oxygen atoms in total. The summed E-state index contributed by atoms with van der Waals surface area (Å²) in [5.74, 6) is -7.39. The van der Waals surface area contributed by atoms with Gasteiger partial charge in [0.1, 0.15) is 11.9 Å². The minimum absolute atomic E-state index is 0.100. The average molecular weight is 578 g/mol. The maximum Gasteiger partial charge on any atom is 0.451 e. The molecule has 0 saturated heterocycles. The lowest BCUT2D eigenvalue weighted by atomic mass is 10.0. The largest absolute Gasteiger partial charge is 0.451 e. The third kappa shape index (κ3) is 7.28. The highest BCUT2D eigenvalue weighted by Gasteiger charge is 2.40. The summed E-state index contributed by atoms with van der Waals surface area (Å²) < 4.78 is 81.8. The van der Waals surface area contributed by atoms with Crippen LogP contribution in [-0.4, -0.2) is 62.1 Å². The number of nitrogens with two attached hydrogens (primary N) is 1. The lowest BCUT2D eigenvalue weighted by Crippen LogP contribution is -2.54. The first-order valence-corrected chi connectivity index (χ1v) is 12.3. The quantitative estimate of drug-likeness (QED) is 0.307. The number of aromatic nitrogens is 3. The number of fused-ring (bicyclic) bond motifs is 1. The van der Waals surface area contributed by atoms with Gasteiger partial charge >= 0.3 is 6.18 Å². The zero-order chi connectivity index (χ0) is 29.9. The van der Waals surface area contributed by atoms with Crippen molar-refractivity contribution in [3.8, 4) is 0 Å². The summed E-state index contributed by atoms with van der Waals surface area (Å²) in [6.07, 6.45) is -5.64. The van der Waals surface area contributed by atoms with E-state index in [2.05, 4.69) is 20.8 Å². The number of benzene rings is 1. The van der Waals surface area contributed by atoms with Crippen molar-refractivity contribution in [3.63, 3.8) is 0 Å². The number of nitrogens with zero attached hydrogens (tertiary/aromatic N) is 4. The second kappa shape index (κ2) is 12.2. The number of hydrogen-bond acceptors (Lipinski definition) is 6. The third-order valence-electron chi connectivity index (χ3n) is 6.46. The molecule has 2 unspecified atom stereocenters. The lowest BCUT2D eigenvalue weighted by molar-refractivity contribution is -0.148. The van der Waals surface area contributed by atoms with Crippen LogP contribution >= 0.6 is 0 Å². The second-order valence-corrected chi connectivity index (χ2v) is 9.88. The molecule has 0 fully saturated rings. The number of alkyl halides is 3. The molecule has 3 amide bonds. The van der Waals surface area contributed by atoms with Gasteiger partial charge in [-0.3, -0.25) is 14.4 Å². The number of carbonyl (C=O) groups is 3. The highest BCUT2D eigenvalue weighted by molar-refractivity contribution is 5.90. The van der Waals surface area contributed by atoms with Crippen LogP contribution in [0.4, 0.5) is 26.3 Å². The van der Waals surface area contributed by atoms with Crippen LogP contribution < -0.4 is 16.4 Å². The number of amides is 3. The van der Waals surface area contributed by atoms with Crippen molar-refractivity contribution in [3.05, 3.63) is 46.8 Å². The molecular formula is C24H29F6N7O3. The molecule has 220 valence electrons. The van der Waals surface area contributed by atoms with E-state index in [0.717, 1.165) is 4.57 Å². The van der Waals surface area contributed by atoms with E-state index in [1.54, 1.807) is 13.8 Å². The van der Waals surface area contributed by atoms with Gasteiger partial charge in [0.2, 0.25) is 23.5 Å². The predicted octanol–water partition coefficient (Wildman–Crippen LogP) is 1.66. The molecular weight excluding hydrogens is 548 g/mol. The molecule has 1 aliphatic rings. The van der Waals surface area contributed by atoms with Gasteiger partial charge < -0.3 is 25.8 Å². The SMILES string of the molecule is CC(NC(=O)C(N)C(C)C)C(=O)N[C@@H](CC(=O)N1CCn2c(nnc2C(F)(F)F)C1)Cc1cc(F)c(F)cc1F. The normalized spacial score (nSPS) is 15.8. The Labute approximate surface area is 225 Å². The first-order chi connectivity index (χ1) is 18.6. The van der Waals surface area contributed by atoms with Gasteiger partial charge in [-0.25, -0.2) is 13.2 Å². The fourth-order valence-corrected chi connectivity index (χ4v) is 4.08. The fraction of sp³-hybridized carbons (Fsp3) is 0.542. The average Bonchev–Trinajstić information content (AvgIpc) is 3.30. The van der Waals surface area contributed by atoms with Crippen molar-refractivity contribution in [2.75, 3.05) is 6.54 Å². The van der Waals surface area contributed by atoms with E-state index in [9.17, 15) is 40.7 Å². The third-order valence-corrected chi connectivity index (χ3v) is 6.46. The van der Waals surface area contributed by atoms with Gasteiger partial charge in [0.15, 0.2) is 17.5 Å². The molecule has 0 saturated carbocycles. The number of halogens is 6. The molecule has 4 N–H and O–H groups in total. The Morgan fingerprint density at radius 3 is 2.25 bits per heavy atom. The standard InChI is InChI=1S/C24H29F6N7O3/c1-11(2)20(31)22(40)32-12(3)21(39)33-14(6-13-7-16(26)17(27)9-15(13)25)8-19(38)36-4-5-37-18(10-36)34-35-23(37)24(28,29)30/h7,9,11-12,14,20H,4-6,8,10,31H2,1-3H3,(H,32,40)(H,33,39)/t12?,14-,20?/m1/s1. The van der Waals surface area contributed by atoms with E-state index in [-0.39, 0.29) is 36.9 Å². The van der Waals surface area contributed by atoms with Crippen LogP contribution in [0.5, 0.6) is 0 Å². The summed E-state index contributed by atoms with van der Waals surface area (Å²) in [6, 6.07) is -2.26. The van der Waals surface area contributed by atoms with Crippen molar-refractivity contribution in [2.24, 2.45) is 11.7 Å². The first kappa shape index (κ1) is 30.8. The van der Waals surface area contributed by atoms with Crippen LogP contribution in [-0.2, 0) is 40.1 Å². The summed E-state index contributed by atoms with van der Waals surface area (Å²) in [5.41, 5.74) is 5.46. The molecule has 1 aromatic carbocycles. The van der Waals surface area contributed by atoms with Crippen molar-refractivity contribution in [1.29, 1.82) is 0 Å². The molecule has 0 aliphatic carbocycles. The summed E-state index contributed by atoms with van der Waals surface area (Å²) in [6.45, 7) is 4.10. The molecule has 1 aromatic heterocycles. The van der Waals surface area contributed by atoms with Gasteiger partial charge in [0, 0.05) is 31.6 Å². The molecule has 0 radical (unpaired) electrons. The first-order valence-electron chi connectivity index (χ1n) is 12.3. The Bertz CT molecular complexity index is 1270. The number of hydrogen-bond donors (Lipinski definition) is 3. The van der Waals surface area contributed by atoms with Crippen LogP contribution in [0.1, 0.15) is 44.4 Å². The lowest BCUT2D eigenvalue weighted by Gasteiger charge is -2.30. The Hall–Kier alpha value is -3.69. The summed E-state index contributed by atoms with van der Waals surface area (Å²) in [4.78, 5) is 39.4. The van der Waals surface area contributed by atoms with E-state index in [1.165, 1.54) is 11.8 Å². The van der Waals surface area contributed by atoms with Crippen LogP contribution in [0.2, 0.25) is 0 Å². The minimum Gasteiger partial charge on any atom is -0.351 e. The topological polar surface area (TPSA) is 135 Å². The number of rotatable bonds is 9. The van der Waals surface area contributed by atoms with Crippen molar-refractivity contribution < 1.29 is 40.7 Å². The maximum atomic E-state index is 14.4. The van der Waals surface area contributed by atoms with Gasteiger partial charge in [-0.05, 0) is 30.9 Å². The van der Waals surface area contributed by atoms with Crippen LogP contribution in [0.3, 0.4) is 0 Å². The summed E-state index contributed by atoms with van der Waals surface area (Å²) >= 11 is 0. The minimum atomic E-state index is -4.73. The van der Waals surface area contributed by atoms with Gasteiger partial charge in [-0.15, -0.1) is 10.2 Å². The van der Waals surface area contributed by atoms with Crippen LogP contribution in [0.15, 0.2) is 12.1 Å². The zero-order valence-corrected chi connectivity index (χ0v) is 21.9. The molecule has 0 spiro atoms. The van der Waals surface area contributed by atoms with Crippen LogP contribution in [0, 0.1) is 23.4 Å². The molecule has 3 rings (SSSR count). The van der Waals surface area contributed by atoms with Gasteiger partial charge in [0.25, 0.3) is 0 Å². The van der Waals surface area contributed by atoms with Crippen molar-refractivity contribution in [1.82, 2.24) is 30.3 Å². The summed E-state index contributed by atoms with van der Waals surface area (Å²) in [7, 11) is 0. The van der Waals surface area contributed by atoms with E-state index in [0.29, 0.717) is 12.1 Å². The van der Waals surface area contributed by atoms with Crippen LogP contribution in [0.25, 0.3) is 0 Å². The monoisotopic (exact) mass is 577 g/mol. The molecule has 3 atom stereocenters. The Balaban J connectivity index is 1.76. The Morgan fingerprint density at radius 2 is 1.62 bits per heavy atom. The second-order valence-electron chi connectivity index (χ2n) is 9.88. The number of carbonyl (C=O) groups excluding carboxylic acids is 3. The van der Waals surface area contributed by atoms with E-state index >= 15 is 0 Å². The van der Waals surface area contributed by atoms with E-state index in [4.69, 9.17) is 5.73 Å². The van der Waals surface area contributed by atoms with E-state index in [1.807, 2.05) is 0 Å². The Morgan fingerprint density at radius 1 is 0.975 bits per heavy atom. The highest BCUT2D eigenvalue weighted by atomic mass is 19.4. The van der Waals surface area contributed by atoms with Gasteiger partial charge in [-0.1, -0.05) is 13.8 Å². The fourth-order valence-electron chi connectivity index (χ4n) is 4.08. The maximum absolute atomic E-state index is 14.4. The Kier molecular flexibility index (Phi) is 9.43. The molecule has 0 bridgehead atoms. The smallest absolute Gasteiger partial charge is 0.351 e. The molecule has 1 aliphatic heterocycles. The van der Waals surface area contributed by atoms with E-state index < -0.39 is 78.1 Å². The highest BCUT2D eigenvalue weighted by Crippen LogP contribution is 2.29. The predicted molar refractivity (Wildman–Crippen MR) is 127 cm³/mol. The molecule has 40 heavy (non-hydrogen) atoms. The summed E-state index contributed by atoms with van der Waals surface area (Å²) in [5, 5.41) is 11.6. The molecule has 2 heterocycles. The molecule has 16 heteroatoms. The molecule has 2 aromatic rings. The van der Waals surface area contributed by atoms with Gasteiger partial charge in [-0.2, -0.15) is 13.2 Å². The zero-order valence-electron chi connectivity index (χ0n) is 21.9. The number of nitrogens with one attached hydrogen (secondary N) is 2. The van der Waals surface area contributed by atoms with Crippen molar-refractivity contribution in [2.45, 2.75) is 71.0 Å². The van der Waals surface area contributed by atoms with Crippen molar-refractivity contribution >= 4 is 17.7 Å². The van der Waals surface area contributed by atoms with Gasteiger partial charge in [0.05, 0.1) is 12.6 Å².